The predicted octanol–water partition coefficient (Wildman–Crippen LogP) is 5.31. The third-order valence-electron chi connectivity index (χ3n) is 5.10. The van der Waals surface area contributed by atoms with Crippen LogP contribution in [0, 0.1) is 0 Å². The fourth-order valence-corrected chi connectivity index (χ4v) is 3.74. The molecule has 0 amide bonds. The zero-order chi connectivity index (χ0) is 17.9. The van der Waals surface area contributed by atoms with Gasteiger partial charge in [-0.2, -0.15) is 0 Å². The third-order valence-corrected chi connectivity index (χ3v) is 5.10. The van der Waals surface area contributed by atoms with Gasteiger partial charge in [-0.25, -0.2) is 0 Å². The number of benzene rings is 3. The smallest absolute Gasteiger partial charge is 0.126 e. The summed E-state index contributed by atoms with van der Waals surface area (Å²) in [5.74, 6) is 1.43. The van der Waals surface area contributed by atoms with Crippen LogP contribution >= 0.6 is 0 Å². The predicted molar refractivity (Wildman–Crippen MR) is 105 cm³/mol. The summed E-state index contributed by atoms with van der Waals surface area (Å²) in [6.07, 6.45) is 3.58. The summed E-state index contributed by atoms with van der Waals surface area (Å²) in [6, 6.07) is 24.8. The Labute approximate surface area is 154 Å². The van der Waals surface area contributed by atoms with Gasteiger partial charge in [-0.1, -0.05) is 72.8 Å². The molecule has 0 saturated heterocycles. The molecule has 0 fully saturated rings. The van der Waals surface area contributed by atoms with Crippen molar-refractivity contribution in [3.05, 3.63) is 106 Å². The Hall–Kier alpha value is -3.00. The van der Waals surface area contributed by atoms with Gasteiger partial charge in [0, 0.05) is 17.9 Å². The topological polar surface area (TPSA) is 29.5 Å². The van der Waals surface area contributed by atoms with Gasteiger partial charge >= 0.3 is 0 Å². The minimum absolute atomic E-state index is 0.147. The number of phenolic OH excluding ortho intramolecular Hbond substituents is 1. The number of ether oxygens (including phenoxy) is 1. The number of rotatable bonds is 5. The highest BCUT2D eigenvalue weighted by Gasteiger charge is 2.29. The highest BCUT2D eigenvalue weighted by molar-refractivity contribution is 5.72. The van der Waals surface area contributed by atoms with Crippen LogP contribution in [0.2, 0.25) is 0 Å². The first-order valence-corrected chi connectivity index (χ1v) is 8.94. The molecule has 3 aromatic carbocycles. The van der Waals surface area contributed by atoms with Gasteiger partial charge in [0.15, 0.2) is 0 Å². The van der Waals surface area contributed by atoms with Crippen LogP contribution in [-0.2, 0) is 17.6 Å². The van der Waals surface area contributed by atoms with Crippen LogP contribution in [0.25, 0.3) is 6.08 Å². The van der Waals surface area contributed by atoms with Gasteiger partial charge < -0.3 is 9.84 Å². The lowest BCUT2D eigenvalue weighted by atomic mass is 9.90. The first-order valence-electron chi connectivity index (χ1n) is 8.94. The lowest BCUT2D eigenvalue weighted by Gasteiger charge is -2.17. The number of phenols is 1. The maximum absolute atomic E-state index is 10.9. The number of fused-ring (bicyclic) bond motifs is 1. The summed E-state index contributed by atoms with van der Waals surface area (Å²) in [4.78, 5) is 0. The minimum atomic E-state index is 0.147. The van der Waals surface area contributed by atoms with E-state index in [1.54, 1.807) is 7.11 Å². The Kier molecular flexibility index (Phi) is 4.49. The fraction of sp³-hybridized carbons (Fsp3) is 0.167. The Balaban J connectivity index is 1.67. The van der Waals surface area contributed by atoms with Crippen LogP contribution < -0.4 is 0 Å². The number of methoxy groups -OCH3 is 1. The molecule has 4 rings (SSSR count). The largest absolute Gasteiger partial charge is 0.507 e. The second-order valence-corrected chi connectivity index (χ2v) is 6.73. The molecule has 1 atom stereocenters. The lowest BCUT2D eigenvalue weighted by Crippen LogP contribution is -2.05. The van der Waals surface area contributed by atoms with Crippen LogP contribution in [-0.4, -0.2) is 12.2 Å². The molecule has 0 radical (unpaired) electrons. The van der Waals surface area contributed by atoms with E-state index in [1.807, 2.05) is 36.4 Å². The standard InChI is InChI=1S/C24H22O2/c1-26-23-16-22-20(21(23)15-18-10-6-3-7-11-18)13-12-19(24(22)25)14-17-8-4-2-5-9-17/h2-13,16,21,25H,14-15H2,1H3. The number of aromatic hydroxyl groups is 1. The van der Waals surface area contributed by atoms with Crippen molar-refractivity contribution in [2.24, 2.45) is 0 Å². The van der Waals surface area contributed by atoms with Crippen LogP contribution in [0.1, 0.15) is 33.7 Å². The quantitative estimate of drug-likeness (QED) is 0.681. The van der Waals surface area contributed by atoms with Crippen molar-refractivity contribution in [1.29, 1.82) is 0 Å². The molecule has 2 nitrogen and oxygen atoms in total. The van der Waals surface area contributed by atoms with E-state index in [0.29, 0.717) is 5.75 Å². The average molecular weight is 342 g/mol. The third kappa shape index (κ3) is 3.11. The molecule has 0 aromatic heterocycles. The molecule has 130 valence electrons. The fourth-order valence-electron chi connectivity index (χ4n) is 3.74. The van der Waals surface area contributed by atoms with Crippen molar-refractivity contribution >= 4 is 6.08 Å². The van der Waals surface area contributed by atoms with E-state index in [-0.39, 0.29) is 5.92 Å². The van der Waals surface area contributed by atoms with Crippen molar-refractivity contribution in [1.82, 2.24) is 0 Å². The van der Waals surface area contributed by atoms with Crippen molar-refractivity contribution in [2.75, 3.05) is 7.11 Å². The van der Waals surface area contributed by atoms with Crippen LogP contribution in [0.3, 0.4) is 0 Å². The average Bonchev–Trinajstić information content (AvgIpc) is 3.04. The molecule has 1 N–H and O–H groups in total. The molecule has 1 unspecified atom stereocenters. The second kappa shape index (κ2) is 7.09. The number of hydrogen-bond acceptors (Lipinski definition) is 2. The first kappa shape index (κ1) is 16.5. The minimum Gasteiger partial charge on any atom is -0.507 e. The van der Waals surface area contributed by atoms with E-state index < -0.39 is 0 Å². The van der Waals surface area contributed by atoms with Gasteiger partial charge in [0.05, 0.1) is 7.11 Å². The van der Waals surface area contributed by atoms with Gasteiger partial charge in [-0.05, 0) is 34.8 Å². The molecular weight excluding hydrogens is 320 g/mol. The molecular formula is C24H22O2. The zero-order valence-electron chi connectivity index (χ0n) is 14.9. The highest BCUT2D eigenvalue weighted by Crippen LogP contribution is 2.44. The van der Waals surface area contributed by atoms with Crippen molar-refractivity contribution < 1.29 is 9.84 Å². The molecule has 0 heterocycles. The maximum Gasteiger partial charge on any atom is 0.126 e. The molecule has 3 aromatic rings. The monoisotopic (exact) mass is 342 g/mol. The SMILES string of the molecule is COC1=Cc2c(ccc(Cc3ccccc3)c2O)C1Cc1ccccc1. The van der Waals surface area contributed by atoms with E-state index >= 15 is 0 Å². The molecule has 1 aliphatic carbocycles. The maximum atomic E-state index is 10.9. The summed E-state index contributed by atoms with van der Waals surface area (Å²) in [5.41, 5.74) is 5.44. The summed E-state index contributed by atoms with van der Waals surface area (Å²) in [7, 11) is 1.71. The second-order valence-electron chi connectivity index (χ2n) is 6.73. The summed E-state index contributed by atoms with van der Waals surface area (Å²) >= 11 is 0. The van der Waals surface area contributed by atoms with Crippen LogP contribution in [0.4, 0.5) is 0 Å². The molecule has 2 heteroatoms. The number of allylic oxidation sites excluding steroid dienone is 1. The Morgan fingerprint density at radius 2 is 1.50 bits per heavy atom. The Morgan fingerprint density at radius 3 is 2.15 bits per heavy atom. The molecule has 0 bridgehead atoms. The van der Waals surface area contributed by atoms with E-state index in [1.165, 1.54) is 11.1 Å². The van der Waals surface area contributed by atoms with E-state index in [9.17, 15) is 5.11 Å². The molecule has 0 aliphatic heterocycles. The Bertz CT molecular complexity index is 927. The number of hydrogen-bond donors (Lipinski definition) is 1. The first-order chi connectivity index (χ1) is 12.8. The summed E-state index contributed by atoms with van der Waals surface area (Å²) in [5, 5.41) is 10.9. The zero-order valence-corrected chi connectivity index (χ0v) is 14.9. The van der Waals surface area contributed by atoms with E-state index in [2.05, 4.69) is 42.5 Å². The van der Waals surface area contributed by atoms with Crippen LogP contribution in [0.15, 0.2) is 78.6 Å². The van der Waals surface area contributed by atoms with Gasteiger partial charge in [-0.3, -0.25) is 0 Å². The van der Waals surface area contributed by atoms with Gasteiger partial charge in [-0.15, -0.1) is 0 Å². The van der Waals surface area contributed by atoms with Gasteiger partial charge in [0.1, 0.15) is 11.5 Å². The molecule has 1 aliphatic rings. The van der Waals surface area contributed by atoms with Crippen molar-refractivity contribution in [2.45, 2.75) is 18.8 Å². The van der Waals surface area contributed by atoms with Crippen molar-refractivity contribution in [3.8, 4) is 5.75 Å². The van der Waals surface area contributed by atoms with Gasteiger partial charge in [0.25, 0.3) is 0 Å². The Morgan fingerprint density at radius 1 is 0.846 bits per heavy atom. The summed E-state index contributed by atoms with van der Waals surface area (Å²) < 4.78 is 5.64. The summed E-state index contributed by atoms with van der Waals surface area (Å²) in [6.45, 7) is 0. The van der Waals surface area contributed by atoms with Crippen LogP contribution in [0.5, 0.6) is 5.75 Å². The molecule has 0 saturated carbocycles. The van der Waals surface area contributed by atoms with E-state index in [4.69, 9.17) is 4.74 Å². The van der Waals surface area contributed by atoms with Gasteiger partial charge in [0.2, 0.25) is 0 Å². The van der Waals surface area contributed by atoms with E-state index in [0.717, 1.165) is 35.3 Å². The molecule has 26 heavy (non-hydrogen) atoms. The lowest BCUT2D eigenvalue weighted by molar-refractivity contribution is 0.270. The normalized spacial score (nSPS) is 15.4. The van der Waals surface area contributed by atoms with Crippen molar-refractivity contribution in [3.63, 3.8) is 0 Å². The molecule has 0 spiro atoms. The highest BCUT2D eigenvalue weighted by atomic mass is 16.5.